The SMILES string of the molecule is Cn1c(O)c(N=NC(=O)c2nnn(-c3nonc3N)c2CSc2nc3ccccc3[nH]2)c2cc([N+](=O)[O-])ccc21. The number of anilines is 1. The Morgan fingerprint density at radius 1 is 1.27 bits per heavy atom. The molecule has 200 valence electrons. The molecule has 0 aliphatic carbocycles. The molecule has 0 aliphatic heterocycles. The number of para-hydroxylation sites is 2. The highest BCUT2D eigenvalue weighted by Crippen LogP contribution is 2.39. The number of thioether (sulfide) groups is 1. The van der Waals surface area contributed by atoms with Gasteiger partial charge in [0.2, 0.25) is 17.5 Å². The average Bonchev–Trinajstić information content (AvgIpc) is 3.71. The number of carbonyl (C=O) groups is 1. The maximum absolute atomic E-state index is 13.2. The number of fused-ring (bicyclic) bond motifs is 2. The molecule has 4 N–H and O–H groups in total. The number of azo groups is 1. The van der Waals surface area contributed by atoms with E-state index in [0.717, 1.165) is 11.0 Å². The largest absolute Gasteiger partial charge is 0.493 e. The predicted molar refractivity (Wildman–Crippen MR) is 139 cm³/mol. The third-order valence-electron chi connectivity index (χ3n) is 5.95. The lowest BCUT2D eigenvalue weighted by atomic mass is 10.2. The second kappa shape index (κ2) is 9.58. The number of benzene rings is 2. The van der Waals surface area contributed by atoms with Crippen molar-refractivity contribution in [3.05, 3.63) is 64.0 Å². The number of H-pyrrole nitrogens is 1. The number of nitrogen functional groups attached to an aromatic ring is 1. The van der Waals surface area contributed by atoms with E-state index < -0.39 is 10.8 Å². The van der Waals surface area contributed by atoms with Gasteiger partial charge < -0.3 is 20.4 Å². The minimum Gasteiger partial charge on any atom is -0.493 e. The number of imidazole rings is 1. The molecule has 0 unspecified atom stereocenters. The van der Waals surface area contributed by atoms with Crippen molar-refractivity contribution in [1.82, 2.24) is 39.8 Å². The second-order valence-corrected chi connectivity index (χ2v) is 9.28. The van der Waals surface area contributed by atoms with Crippen LogP contribution < -0.4 is 5.73 Å². The molecule has 4 heterocycles. The Kier molecular flexibility index (Phi) is 5.91. The number of aromatic hydroxyl groups is 1. The standard InChI is InChI=1S/C22H16N12O5S/c1-32-14-7-6-10(34(37)38)8-11(14)16(21(32)36)26-28-20(35)17-15(33(31-27-17)19-18(23)29-39-30-19)9-40-22-24-12-4-2-3-5-13(12)25-22/h2-8,36H,9H2,1H3,(H2,23,29)(H,24,25). The number of rotatable bonds is 7. The Hall–Kier alpha value is -5.65. The van der Waals surface area contributed by atoms with E-state index in [9.17, 15) is 20.0 Å². The van der Waals surface area contributed by atoms with E-state index in [1.807, 2.05) is 24.3 Å². The van der Waals surface area contributed by atoms with Crippen LogP contribution in [0.15, 0.2) is 62.5 Å². The highest BCUT2D eigenvalue weighted by atomic mass is 32.2. The van der Waals surface area contributed by atoms with Gasteiger partial charge in [0.1, 0.15) is 0 Å². The van der Waals surface area contributed by atoms with Crippen molar-refractivity contribution in [3.63, 3.8) is 0 Å². The molecule has 0 saturated heterocycles. The average molecular weight is 561 g/mol. The van der Waals surface area contributed by atoms with Crippen molar-refractivity contribution in [3.8, 4) is 11.7 Å². The van der Waals surface area contributed by atoms with Crippen molar-refractivity contribution in [2.45, 2.75) is 10.9 Å². The molecular weight excluding hydrogens is 544 g/mol. The summed E-state index contributed by atoms with van der Waals surface area (Å²) in [5.74, 6) is -1.17. The molecule has 40 heavy (non-hydrogen) atoms. The van der Waals surface area contributed by atoms with Gasteiger partial charge in [-0.05, 0) is 28.5 Å². The zero-order valence-electron chi connectivity index (χ0n) is 20.3. The fourth-order valence-corrected chi connectivity index (χ4v) is 4.87. The van der Waals surface area contributed by atoms with Gasteiger partial charge in [-0.1, -0.05) is 29.1 Å². The zero-order chi connectivity index (χ0) is 28.0. The van der Waals surface area contributed by atoms with Crippen LogP contribution in [0.5, 0.6) is 5.88 Å². The van der Waals surface area contributed by atoms with Crippen molar-refractivity contribution in [2.75, 3.05) is 5.73 Å². The summed E-state index contributed by atoms with van der Waals surface area (Å²) >= 11 is 1.26. The first-order valence-corrected chi connectivity index (χ1v) is 12.3. The summed E-state index contributed by atoms with van der Waals surface area (Å²) in [7, 11) is 1.54. The molecule has 18 heteroatoms. The number of aromatic amines is 1. The van der Waals surface area contributed by atoms with Crippen LogP contribution in [0, 0.1) is 10.1 Å². The molecule has 0 atom stereocenters. The number of nitrogens with one attached hydrogen (secondary N) is 1. The Bertz CT molecular complexity index is 1940. The Morgan fingerprint density at radius 2 is 2.10 bits per heavy atom. The normalized spacial score (nSPS) is 11.7. The molecule has 2 aromatic carbocycles. The summed E-state index contributed by atoms with van der Waals surface area (Å²) in [6.07, 6.45) is 0. The number of nitrogens with two attached hydrogens (primary N) is 1. The van der Waals surface area contributed by atoms with Crippen LogP contribution in [0.4, 0.5) is 17.2 Å². The molecule has 1 amide bonds. The number of aromatic nitrogens is 8. The minimum atomic E-state index is -0.900. The van der Waals surface area contributed by atoms with Crippen LogP contribution in [0.2, 0.25) is 0 Å². The quantitative estimate of drug-likeness (QED) is 0.110. The second-order valence-electron chi connectivity index (χ2n) is 8.31. The number of hydrogen-bond donors (Lipinski definition) is 3. The maximum Gasteiger partial charge on any atom is 0.317 e. The Balaban J connectivity index is 1.36. The third-order valence-corrected chi connectivity index (χ3v) is 6.84. The van der Waals surface area contributed by atoms with Crippen molar-refractivity contribution in [2.24, 2.45) is 17.3 Å². The summed E-state index contributed by atoms with van der Waals surface area (Å²) in [6, 6.07) is 11.5. The van der Waals surface area contributed by atoms with Gasteiger partial charge in [0.25, 0.3) is 5.69 Å². The molecule has 4 aromatic heterocycles. The first kappa shape index (κ1) is 24.7. The number of aryl methyl sites for hydroxylation is 1. The van der Waals surface area contributed by atoms with E-state index >= 15 is 0 Å². The molecule has 0 bridgehead atoms. The number of amides is 1. The van der Waals surface area contributed by atoms with E-state index in [2.05, 4.69) is 45.5 Å². The van der Waals surface area contributed by atoms with Crippen molar-refractivity contribution < 1.29 is 19.5 Å². The van der Waals surface area contributed by atoms with Crippen molar-refractivity contribution >= 4 is 56.8 Å². The number of nitro benzene ring substituents is 1. The molecule has 0 fully saturated rings. The number of non-ortho nitro benzene ring substituents is 1. The van der Waals surface area contributed by atoms with Gasteiger partial charge in [-0.3, -0.25) is 14.9 Å². The van der Waals surface area contributed by atoms with Crippen LogP contribution in [-0.4, -0.2) is 55.8 Å². The van der Waals surface area contributed by atoms with Crippen LogP contribution in [0.3, 0.4) is 0 Å². The van der Waals surface area contributed by atoms with E-state index in [1.165, 1.54) is 39.2 Å². The minimum absolute atomic E-state index is 0.0164. The first-order valence-electron chi connectivity index (χ1n) is 11.3. The van der Waals surface area contributed by atoms with Gasteiger partial charge in [0.15, 0.2) is 16.5 Å². The lowest BCUT2D eigenvalue weighted by Crippen LogP contribution is -2.07. The summed E-state index contributed by atoms with van der Waals surface area (Å²) in [6.45, 7) is 0. The van der Waals surface area contributed by atoms with Crippen LogP contribution in [-0.2, 0) is 12.8 Å². The number of carbonyl (C=O) groups excluding carboxylic acids is 1. The van der Waals surface area contributed by atoms with E-state index in [-0.39, 0.29) is 51.4 Å². The van der Waals surface area contributed by atoms with Crippen molar-refractivity contribution in [1.29, 1.82) is 0 Å². The molecular formula is C22H16N12O5S. The fraction of sp³-hybridized carbons (Fsp3) is 0.0909. The van der Waals surface area contributed by atoms with Gasteiger partial charge in [-0.2, -0.15) is 4.68 Å². The summed E-state index contributed by atoms with van der Waals surface area (Å²) in [5.41, 5.74) is 7.62. The van der Waals surface area contributed by atoms with E-state index in [4.69, 9.17) is 5.73 Å². The fourth-order valence-electron chi connectivity index (χ4n) is 3.99. The van der Waals surface area contributed by atoms with E-state index in [0.29, 0.717) is 10.7 Å². The van der Waals surface area contributed by atoms with Crippen LogP contribution >= 0.6 is 11.8 Å². The van der Waals surface area contributed by atoms with Gasteiger partial charge in [0, 0.05) is 30.3 Å². The van der Waals surface area contributed by atoms with Gasteiger partial charge in [0.05, 0.1) is 27.2 Å². The molecule has 0 radical (unpaired) electrons. The topological polar surface area (TPSA) is 234 Å². The summed E-state index contributed by atoms with van der Waals surface area (Å²) in [5, 5.41) is 45.5. The smallest absolute Gasteiger partial charge is 0.317 e. The van der Waals surface area contributed by atoms with Crippen LogP contribution in [0.25, 0.3) is 27.8 Å². The predicted octanol–water partition coefficient (Wildman–Crippen LogP) is 3.43. The lowest BCUT2D eigenvalue weighted by molar-refractivity contribution is -0.384. The number of nitro groups is 1. The van der Waals surface area contributed by atoms with Crippen LogP contribution in [0.1, 0.15) is 16.2 Å². The number of nitrogens with zero attached hydrogens (tertiary/aromatic N) is 10. The molecule has 0 saturated carbocycles. The Morgan fingerprint density at radius 3 is 2.85 bits per heavy atom. The lowest BCUT2D eigenvalue weighted by Gasteiger charge is -2.03. The van der Waals surface area contributed by atoms with Gasteiger partial charge >= 0.3 is 5.91 Å². The van der Waals surface area contributed by atoms with Gasteiger partial charge in [-0.25, -0.2) is 9.61 Å². The summed E-state index contributed by atoms with van der Waals surface area (Å²) < 4.78 is 7.23. The molecule has 17 nitrogen and oxygen atoms in total. The maximum atomic E-state index is 13.2. The van der Waals surface area contributed by atoms with E-state index in [1.54, 1.807) is 7.05 Å². The first-order chi connectivity index (χ1) is 19.3. The molecule has 0 aliphatic rings. The zero-order valence-corrected chi connectivity index (χ0v) is 21.1. The number of hydrogen-bond acceptors (Lipinski definition) is 13. The highest BCUT2D eigenvalue weighted by Gasteiger charge is 2.25. The third kappa shape index (κ3) is 4.17. The highest BCUT2D eigenvalue weighted by molar-refractivity contribution is 7.98. The van der Waals surface area contributed by atoms with Gasteiger partial charge in [-0.15, -0.1) is 15.3 Å². The summed E-state index contributed by atoms with van der Waals surface area (Å²) in [4.78, 5) is 31.6. The monoisotopic (exact) mass is 560 g/mol. The molecule has 6 rings (SSSR count). The molecule has 0 spiro atoms. The Labute approximate surface area is 225 Å². The molecule has 6 aromatic rings.